The molecule has 1 fully saturated rings. The van der Waals surface area contributed by atoms with Crippen molar-refractivity contribution in [2.45, 2.75) is 40.0 Å². The third kappa shape index (κ3) is 3.82. The Labute approximate surface area is 116 Å². The molecule has 0 saturated carbocycles. The quantitative estimate of drug-likeness (QED) is 0.885. The van der Waals surface area contributed by atoms with Crippen molar-refractivity contribution in [2.24, 2.45) is 11.8 Å². The smallest absolute Gasteiger partial charge is 0.149 e. The lowest BCUT2D eigenvalue weighted by atomic mass is 9.87. The van der Waals surface area contributed by atoms with E-state index >= 15 is 0 Å². The van der Waals surface area contributed by atoms with Gasteiger partial charge in [0.25, 0.3) is 0 Å². The molecule has 0 amide bonds. The number of piperidine rings is 1. The Morgan fingerprint density at radius 3 is 2.68 bits per heavy atom. The highest BCUT2D eigenvalue weighted by Gasteiger charge is 2.22. The van der Waals surface area contributed by atoms with Gasteiger partial charge in [0.05, 0.1) is 12.4 Å². The molecular formula is C15H26N4. The zero-order chi connectivity index (χ0) is 13.7. The average Bonchev–Trinajstić information content (AvgIpc) is 2.45. The fraction of sp³-hybridized carbons (Fsp3) is 0.733. The maximum atomic E-state index is 4.66. The van der Waals surface area contributed by atoms with Crippen LogP contribution in [0, 0.1) is 11.8 Å². The Morgan fingerprint density at radius 1 is 1.32 bits per heavy atom. The van der Waals surface area contributed by atoms with Crippen molar-refractivity contribution in [1.82, 2.24) is 9.97 Å². The van der Waals surface area contributed by atoms with Gasteiger partial charge >= 0.3 is 0 Å². The van der Waals surface area contributed by atoms with Crippen LogP contribution in [0.4, 0.5) is 11.6 Å². The zero-order valence-electron chi connectivity index (χ0n) is 12.4. The molecular weight excluding hydrogens is 236 g/mol. The van der Waals surface area contributed by atoms with Gasteiger partial charge < -0.3 is 10.2 Å². The Balaban J connectivity index is 1.95. The predicted octanol–water partition coefficient (Wildman–Crippen LogP) is 3.17. The molecule has 0 atom stereocenters. The largest absolute Gasteiger partial charge is 0.369 e. The number of rotatable bonds is 5. The average molecular weight is 262 g/mol. The fourth-order valence-corrected chi connectivity index (χ4v) is 2.64. The molecule has 0 unspecified atom stereocenters. The lowest BCUT2D eigenvalue weighted by Gasteiger charge is -2.34. The minimum absolute atomic E-state index is 0.797. The van der Waals surface area contributed by atoms with E-state index < -0.39 is 0 Å². The molecule has 1 N–H and O–H groups in total. The molecule has 2 heterocycles. The summed E-state index contributed by atoms with van der Waals surface area (Å²) in [6.07, 6.45) is 7.33. The van der Waals surface area contributed by atoms with Crippen LogP contribution in [0.1, 0.15) is 40.0 Å². The molecule has 1 aromatic heterocycles. The summed E-state index contributed by atoms with van der Waals surface area (Å²) in [5.74, 6) is 3.57. The molecule has 4 nitrogen and oxygen atoms in total. The second-order valence-electron chi connectivity index (χ2n) is 5.76. The Bertz CT molecular complexity index is 383. The van der Waals surface area contributed by atoms with Crippen molar-refractivity contribution in [3.8, 4) is 0 Å². The molecule has 0 spiro atoms. The van der Waals surface area contributed by atoms with Crippen LogP contribution in [0.2, 0.25) is 0 Å². The molecule has 0 aromatic carbocycles. The number of hydrogen-bond acceptors (Lipinski definition) is 4. The van der Waals surface area contributed by atoms with E-state index in [1.807, 2.05) is 6.20 Å². The van der Waals surface area contributed by atoms with Gasteiger partial charge in [-0.1, -0.05) is 20.8 Å². The molecule has 19 heavy (non-hydrogen) atoms. The van der Waals surface area contributed by atoms with Crippen LogP contribution in [-0.2, 0) is 0 Å². The van der Waals surface area contributed by atoms with E-state index in [1.54, 1.807) is 6.20 Å². The molecule has 1 aliphatic heterocycles. The van der Waals surface area contributed by atoms with E-state index in [9.17, 15) is 0 Å². The van der Waals surface area contributed by atoms with E-state index in [4.69, 9.17) is 0 Å². The van der Waals surface area contributed by atoms with Gasteiger partial charge in [0, 0.05) is 19.6 Å². The highest BCUT2D eigenvalue weighted by atomic mass is 15.2. The lowest BCUT2D eigenvalue weighted by Crippen LogP contribution is -2.35. The van der Waals surface area contributed by atoms with Crippen molar-refractivity contribution >= 4 is 11.6 Å². The van der Waals surface area contributed by atoms with Crippen LogP contribution in [0.3, 0.4) is 0 Å². The van der Waals surface area contributed by atoms with Gasteiger partial charge in [0.15, 0.2) is 0 Å². The minimum atomic E-state index is 0.797. The summed E-state index contributed by atoms with van der Waals surface area (Å²) in [6.45, 7) is 9.98. The first-order valence-electron chi connectivity index (χ1n) is 7.51. The molecule has 0 radical (unpaired) electrons. The summed E-state index contributed by atoms with van der Waals surface area (Å²) in [7, 11) is 0. The van der Waals surface area contributed by atoms with Gasteiger partial charge in [-0.3, -0.25) is 4.98 Å². The van der Waals surface area contributed by atoms with Crippen LogP contribution in [-0.4, -0.2) is 29.6 Å². The third-order valence-electron chi connectivity index (χ3n) is 3.98. The first-order chi connectivity index (χ1) is 9.20. The van der Waals surface area contributed by atoms with E-state index in [0.29, 0.717) is 0 Å². The van der Waals surface area contributed by atoms with Crippen LogP contribution in [0.15, 0.2) is 12.4 Å². The van der Waals surface area contributed by atoms with Gasteiger partial charge in [-0.15, -0.1) is 0 Å². The van der Waals surface area contributed by atoms with Crippen LogP contribution in [0.5, 0.6) is 0 Å². The maximum absolute atomic E-state index is 4.66. The van der Waals surface area contributed by atoms with Gasteiger partial charge in [0.1, 0.15) is 11.6 Å². The zero-order valence-corrected chi connectivity index (χ0v) is 12.4. The molecule has 1 aromatic rings. The Hall–Kier alpha value is -1.32. The standard InChI is InChI=1S/C15H26N4/c1-4-7-17-14-10-16-11-15(18-14)19-8-5-13(6-9-19)12(2)3/h10-13H,4-9H2,1-3H3,(H,17,18). The van der Waals surface area contributed by atoms with Crippen molar-refractivity contribution < 1.29 is 0 Å². The van der Waals surface area contributed by atoms with Crippen LogP contribution >= 0.6 is 0 Å². The topological polar surface area (TPSA) is 41.1 Å². The van der Waals surface area contributed by atoms with Gasteiger partial charge in [-0.25, -0.2) is 4.98 Å². The summed E-state index contributed by atoms with van der Waals surface area (Å²) in [6, 6.07) is 0. The molecule has 4 heteroatoms. The first-order valence-corrected chi connectivity index (χ1v) is 7.51. The van der Waals surface area contributed by atoms with E-state index in [1.165, 1.54) is 12.8 Å². The number of aromatic nitrogens is 2. The van der Waals surface area contributed by atoms with E-state index in [2.05, 4.69) is 41.0 Å². The molecule has 0 aliphatic carbocycles. The van der Waals surface area contributed by atoms with E-state index in [0.717, 1.165) is 49.5 Å². The molecule has 1 aliphatic rings. The van der Waals surface area contributed by atoms with E-state index in [-0.39, 0.29) is 0 Å². The Morgan fingerprint density at radius 2 is 2.05 bits per heavy atom. The van der Waals surface area contributed by atoms with Gasteiger partial charge in [-0.2, -0.15) is 0 Å². The molecule has 106 valence electrons. The third-order valence-corrected chi connectivity index (χ3v) is 3.98. The monoisotopic (exact) mass is 262 g/mol. The van der Waals surface area contributed by atoms with Crippen molar-refractivity contribution in [3.05, 3.63) is 12.4 Å². The normalized spacial score (nSPS) is 16.9. The van der Waals surface area contributed by atoms with Crippen LogP contribution in [0.25, 0.3) is 0 Å². The summed E-state index contributed by atoms with van der Waals surface area (Å²) < 4.78 is 0. The second-order valence-corrected chi connectivity index (χ2v) is 5.76. The van der Waals surface area contributed by atoms with Crippen molar-refractivity contribution in [1.29, 1.82) is 0 Å². The Kier molecular flexibility index (Phi) is 5.00. The first kappa shape index (κ1) is 14.1. The molecule has 1 saturated heterocycles. The predicted molar refractivity (Wildman–Crippen MR) is 80.6 cm³/mol. The minimum Gasteiger partial charge on any atom is -0.369 e. The number of hydrogen-bond donors (Lipinski definition) is 1. The summed E-state index contributed by atoms with van der Waals surface area (Å²) in [5, 5.41) is 3.30. The van der Waals surface area contributed by atoms with Gasteiger partial charge in [0.2, 0.25) is 0 Å². The molecule has 0 bridgehead atoms. The SMILES string of the molecule is CCCNc1cncc(N2CCC(C(C)C)CC2)n1. The van der Waals surface area contributed by atoms with Crippen molar-refractivity contribution in [2.75, 3.05) is 29.9 Å². The summed E-state index contributed by atoms with van der Waals surface area (Å²) in [4.78, 5) is 11.3. The number of anilines is 2. The van der Waals surface area contributed by atoms with Gasteiger partial charge in [-0.05, 0) is 31.1 Å². The van der Waals surface area contributed by atoms with Crippen LogP contribution < -0.4 is 10.2 Å². The summed E-state index contributed by atoms with van der Waals surface area (Å²) >= 11 is 0. The maximum Gasteiger partial charge on any atom is 0.149 e. The number of nitrogens with zero attached hydrogens (tertiary/aromatic N) is 3. The fourth-order valence-electron chi connectivity index (χ4n) is 2.64. The second kappa shape index (κ2) is 6.73. The summed E-state index contributed by atoms with van der Waals surface area (Å²) in [5.41, 5.74) is 0. The number of nitrogens with one attached hydrogen (secondary N) is 1. The highest BCUT2D eigenvalue weighted by Crippen LogP contribution is 2.26. The highest BCUT2D eigenvalue weighted by molar-refractivity contribution is 5.44. The molecule has 2 rings (SSSR count). The lowest BCUT2D eigenvalue weighted by molar-refractivity contribution is 0.310. The van der Waals surface area contributed by atoms with Crippen molar-refractivity contribution in [3.63, 3.8) is 0 Å².